The average molecular weight is 407 g/mol. The summed E-state index contributed by atoms with van der Waals surface area (Å²) in [5, 5.41) is 5.99. The molecule has 1 aromatic rings. The molecule has 0 unspecified atom stereocenters. The Morgan fingerprint density at radius 2 is 1.71 bits per heavy atom. The van der Waals surface area contributed by atoms with Gasteiger partial charge in [-0.05, 0) is 62.9 Å². The third-order valence-electron chi connectivity index (χ3n) is 5.65. The molecule has 2 saturated heterocycles. The number of benzene rings is 1. The van der Waals surface area contributed by atoms with Crippen molar-refractivity contribution in [3.63, 3.8) is 0 Å². The molecule has 0 bridgehead atoms. The van der Waals surface area contributed by atoms with Gasteiger partial charge in [-0.2, -0.15) is 0 Å². The molecule has 3 rings (SSSR count). The van der Waals surface area contributed by atoms with Crippen LogP contribution >= 0.6 is 11.6 Å². The summed E-state index contributed by atoms with van der Waals surface area (Å²) in [5.41, 5.74) is 1.18. The number of nitrogens with zero attached hydrogens (tertiary/aromatic N) is 2. The lowest BCUT2D eigenvalue weighted by molar-refractivity contribution is -0.114. The van der Waals surface area contributed by atoms with Crippen LogP contribution in [0.4, 0.5) is 16.2 Å². The highest BCUT2D eigenvalue weighted by molar-refractivity contribution is 6.34. The lowest BCUT2D eigenvalue weighted by Gasteiger charge is -2.34. The molecule has 2 fully saturated rings. The summed E-state index contributed by atoms with van der Waals surface area (Å²) < 4.78 is 0. The first kappa shape index (κ1) is 20.9. The number of urea groups is 1. The Kier molecular flexibility index (Phi) is 7.57. The van der Waals surface area contributed by atoms with Crippen molar-refractivity contribution in [1.29, 1.82) is 0 Å². The minimum Gasteiger partial charge on any atom is -0.326 e. The Morgan fingerprint density at radius 3 is 2.32 bits per heavy atom. The van der Waals surface area contributed by atoms with Gasteiger partial charge in [-0.3, -0.25) is 4.79 Å². The van der Waals surface area contributed by atoms with Crippen LogP contribution < -0.4 is 10.6 Å². The molecule has 2 heterocycles. The summed E-state index contributed by atoms with van der Waals surface area (Å²) in [4.78, 5) is 28.2. The van der Waals surface area contributed by atoms with E-state index < -0.39 is 0 Å². The van der Waals surface area contributed by atoms with Gasteiger partial charge in [-0.1, -0.05) is 24.4 Å². The van der Waals surface area contributed by atoms with E-state index in [9.17, 15) is 9.59 Å². The van der Waals surface area contributed by atoms with Gasteiger partial charge in [0, 0.05) is 32.2 Å². The van der Waals surface area contributed by atoms with Crippen LogP contribution in [0.5, 0.6) is 0 Å². The zero-order valence-electron chi connectivity index (χ0n) is 16.7. The highest BCUT2D eigenvalue weighted by atomic mass is 35.5. The molecule has 2 N–H and O–H groups in total. The first-order chi connectivity index (χ1) is 13.5. The molecular weight excluding hydrogens is 376 g/mol. The monoisotopic (exact) mass is 406 g/mol. The number of likely N-dealkylation sites (tertiary alicyclic amines) is 2. The predicted molar refractivity (Wildman–Crippen MR) is 114 cm³/mol. The van der Waals surface area contributed by atoms with Gasteiger partial charge in [0.2, 0.25) is 5.91 Å². The van der Waals surface area contributed by atoms with Gasteiger partial charge in [0.05, 0.1) is 10.7 Å². The first-order valence-corrected chi connectivity index (χ1v) is 10.7. The van der Waals surface area contributed by atoms with Gasteiger partial charge in [0.1, 0.15) is 0 Å². The van der Waals surface area contributed by atoms with E-state index in [1.807, 2.05) is 4.90 Å². The predicted octanol–water partition coefficient (Wildman–Crippen LogP) is 4.42. The largest absolute Gasteiger partial charge is 0.326 e. The Bertz CT molecular complexity index is 681. The van der Waals surface area contributed by atoms with Crippen LogP contribution in [0.25, 0.3) is 0 Å². The van der Waals surface area contributed by atoms with Gasteiger partial charge in [-0.25, -0.2) is 4.79 Å². The number of carbonyl (C=O) groups is 2. The number of hydrogen-bond acceptors (Lipinski definition) is 3. The molecular formula is C21H31ClN4O2. The highest BCUT2D eigenvalue weighted by Crippen LogP contribution is 2.27. The molecule has 0 radical (unpaired) electrons. The summed E-state index contributed by atoms with van der Waals surface area (Å²) in [6, 6.07) is 4.99. The number of amides is 3. The number of piperidine rings is 1. The second-order valence-electron chi connectivity index (χ2n) is 7.95. The van der Waals surface area contributed by atoms with Crippen molar-refractivity contribution in [2.24, 2.45) is 5.92 Å². The Morgan fingerprint density at radius 1 is 1.04 bits per heavy atom. The molecule has 0 atom stereocenters. The van der Waals surface area contributed by atoms with Crippen molar-refractivity contribution in [2.45, 2.75) is 45.4 Å². The molecule has 0 spiro atoms. The van der Waals surface area contributed by atoms with Crippen LogP contribution in [-0.4, -0.2) is 54.5 Å². The van der Waals surface area contributed by atoms with E-state index in [0.29, 0.717) is 22.3 Å². The molecule has 7 heteroatoms. The lowest BCUT2D eigenvalue weighted by Crippen LogP contribution is -2.43. The quantitative estimate of drug-likeness (QED) is 0.777. The Hall–Kier alpha value is -1.79. The number of nitrogens with one attached hydrogen (secondary N) is 2. The van der Waals surface area contributed by atoms with Crippen molar-refractivity contribution in [3.05, 3.63) is 23.2 Å². The Labute approximate surface area is 172 Å². The maximum atomic E-state index is 12.6. The molecule has 2 aliphatic rings. The fraction of sp³-hybridized carbons (Fsp3) is 0.619. The SMILES string of the molecule is CC(=O)Nc1ccc(NC(=O)N2CCC(CN3CCCCCC3)CC2)c(Cl)c1. The summed E-state index contributed by atoms with van der Waals surface area (Å²) in [5.74, 6) is 0.526. The van der Waals surface area contributed by atoms with Crippen molar-refractivity contribution < 1.29 is 9.59 Å². The summed E-state index contributed by atoms with van der Waals surface area (Å²) in [7, 11) is 0. The minimum absolute atomic E-state index is 0.109. The first-order valence-electron chi connectivity index (χ1n) is 10.4. The van der Waals surface area contributed by atoms with E-state index in [2.05, 4.69) is 15.5 Å². The third kappa shape index (κ3) is 6.11. The standard InChI is InChI=1S/C21H31ClN4O2/c1-16(27)23-18-6-7-20(19(22)14-18)24-21(28)26-12-8-17(9-13-26)15-25-10-4-2-3-5-11-25/h6-7,14,17H,2-5,8-13,15H2,1H3,(H,23,27)(H,24,28). The normalized spacial score (nSPS) is 19.1. The maximum absolute atomic E-state index is 12.6. The van der Waals surface area contributed by atoms with Crippen LogP contribution in [-0.2, 0) is 4.79 Å². The van der Waals surface area contributed by atoms with E-state index in [4.69, 9.17) is 11.6 Å². The van der Waals surface area contributed by atoms with Crippen molar-refractivity contribution in [2.75, 3.05) is 43.4 Å². The number of halogens is 1. The number of rotatable bonds is 4. The minimum atomic E-state index is -0.157. The van der Waals surface area contributed by atoms with Gasteiger partial charge in [0.25, 0.3) is 0 Å². The average Bonchev–Trinajstić information content (AvgIpc) is 2.93. The highest BCUT2D eigenvalue weighted by Gasteiger charge is 2.25. The topological polar surface area (TPSA) is 64.7 Å². The van der Waals surface area contributed by atoms with Crippen LogP contribution in [0.3, 0.4) is 0 Å². The third-order valence-corrected chi connectivity index (χ3v) is 5.96. The van der Waals surface area contributed by atoms with Gasteiger partial charge in [0.15, 0.2) is 0 Å². The van der Waals surface area contributed by atoms with Crippen molar-refractivity contribution >= 4 is 34.9 Å². The van der Waals surface area contributed by atoms with E-state index in [1.165, 1.54) is 52.2 Å². The molecule has 2 aliphatic heterocycles. The number of hydrogen-bond donors (Lipinski definition) is 2. The molecule has 3 amide bonds. The number of anilines is 2. The summed E-state index contributed by atoms with van der Waals surface area (Å²) in [6.45, 7) is 6.64. The zero-order chi connectivity index (χ0) is 19.9. The molecule has 28 heavy (non-hydrogen) atoms. The van der Waals surface area contributed by atoms with E-state index >= 15 is 0 Å². The summed E-state index contributed by atoms with van der Waals surface area (Å²) >= 11 is 6.25. The second-order valence-corrected chi connectivity index (χ2v) is 8.36. The fourth-order valence-electron chi connectivity index (χ4n) is 4.09. The second kappa shape index (κ2) is 10.1. The molecule has 154 valence electrons. The number of carbonyl (C=O) groups excluding carboxylic acids is 2. The van der Waals surface area contributed by atoms with E-state index in [1.54, 1.807) is 18.2 Å². The van der Waals surface area contributed by atoms with Gasteiger partial charge >= 0.3 is 6.03 Å². The molecule has 1 aromatic carbocycles. The van der Waals surface area contributed by atoms with Crippen LogP contribution in [0, 0.1) is 5.92 Å². The Balaban J connectivity index is 1.46. The van der Waals surface area contributed by atoms with Crippen molar-refractivity contribution in [1.82, 2.24) is 9.80 Å². The van der Waals surface area contributed by atoms with Gasteiger partial charge in [-0.15, -0.1) is 0 Å². The van der Waals surface area contributed by atoms with Crippen LogP contribution in [0.15, 0.2) is 18.2 Å². The lowest BCUT2D eigenvalue weighted by atomic mass is 9.96. The zero-order valence-corrected chi connectivity index (χ0v) is 17.4. The van der Waals surface area contributed by atoms with Crippen LogP contribution in [0.1, 0.15) is 45.4 Å². The molecule has 0 saturated carbocycles. The fourth-order valence-corrected chi connectivity index (χ4v) is 4.32. The van der Waals surface area contributed by atoms with Gasteiger partial charge < -0.3 is 20.4 Å². The van der Waals surface area contributed by atoms with Crippen molar-refractivity contribution in [3.8, 4) is 0 Å². The maximum Gasteiger partial charge on any atom is 0.321 e. The molecule has 0 aromatic heterocycles. The van der Waals surface area contributed by atoms with Crippen LogP contribution in [0.2, 0.25) is 5.02 Å². The van der Waals surface area contributed by atoms with E-state index in [0.717, 1.165) is 25.9 Å². The molecule has 0 aliphatic carbocycles. The summed E-state index contributed by atoms with van der Waals surface area (Å²) in [6.07, 6.45) is 7.48. The molecule has 6 nitrogen and oxygen atoms in total. The van der Waals surface area contributed by atoms with E-state index in [-0.39, 0.29) is 11.9 Å². The smallest absolute Gasteiger partial charge is 0.321 e.